The fourth-order valence-electron chi connectivity index (χ4n) is 4.17. The van der Waals surface area contributed by atoms with Crippen LogP contribution in [0, 0.1) is 6.92 Å². The standard InChI is InChI=1S/C27H29ClN2O4S/c1-19-3-5-20(6-4-19)27(32)29(14-15-33-2)17-26(31)30-13-11-25-23(12-16-35-25)24(30)18-34-22-9-7-21(28)8-10-22/h3-10,12,16,24H,11,13-15,17-18H2,1-2H3/t24-/m0/s1. The van der Waals surface area contributed by atoms with E-state index in [1.807, 2.05) is 36.1 Å². The van der Waals surface area contributed by atoms with E-state index < -0.39 is 0 Å². The first-order valence-corrected chi connectivity index (χ1v) is 12.8. The van der Waals surface area contributed by atoms with Crippen molar-refractivity contribution >= 4 is 34.8 Å². The average Bonchev–Trinajstić information content (AvgIpc) is 3.35. The topological polar surface area (TPSA) is 59.1 Å². The van der Waals surface area contributed by atoms with Crippen LogP contribution >= 0.6 is 22.9 Å². The van der Waals surface area contributed by atoms with Gasteiger partial charge in [-0.25, -0.2) is 0 Å². The van der Waals surface area contributed by atoms with Crippen LogP contribution in [-0.2, 0) is 16.0 Å². The largest absolute Gasteiger partial charge is 0.491 e. The second kappa shape index (κ2) is 11.7. The van der Waals surface area contributed by atoms with E-state index in [-0.39, 0.29) is 24.4 Å². The van der Waals surface area contributed by atoms with Gasteiger partial charge in [0.05, 0.1) is 12.6 Å². The van der Waals surface area contributed by atoms with E-state index >= 15 is 0 Å². The zero-order chi connectivity index (χ0) is 24.8. The summed E-state index contributed by atoms with van der Waals surface area (Å²) in [7, 11) is 1.59. The molecule has 1 aliphatic heterocycles. The molecular formula is C27H29ClN2O4S. The number of thiophene rings is 1. The Labute approximate surface area is 215 Å². The molecule has 4 rings (SSSR count). The van der Waals surface area contributed by atoms with Crippen molar-refractivity contribution in [1.82, 2.24) is 9.80 Å². The molecule has 2 aromatic carbocycles. The number of hydrogen-bond acceptors (Lipinski definition) is 5. The van der Waals surface area contributed by atoms with Gasteiger partial charge in [0, 0.05) is 35.7 Å². The van der Waals surface area contributed by atoms with Gasteiger partial charge in [-0.2, -0.15) is 0 Å². The van der Waals surface area contributed by atoms with Crippen molar-refractivity contribution in [2.24, 2.45) is 0 Å². The molecule has 1 atom stereocenters. The van der Waals surface area contributed by atoms with Gasteiger partial charge in [0.15, 0.2) is 0 Å². The molecule has 0 spiro atoms. The third kappa shape index (κ3) is 6.23. The van der Waals surface area contributed by atoms with E-state index in [4.69, 9.17) is 21.1 Å². The number of amides is 2. The quantitative estimate of drug-likeness (QED) is 0.404. The zero-order valence-electron chi connectivity index (χ0n) is 19.9. The number of halogens is 1. The number of benzene rings is 2. The third-order valence-corrected chi connectivity index (χ3v) is 7.36. The lowest BCUT2D eigenvalue weighted by Crippen LogP contribution is -2.48. The van der Waals surface area contributed by atoms with Crippen LogP contribution in [0.5, 0.6) is 5.75 Å². The molecule has 0 fully saturated rings. The first kappa shape index (κ1) is 25.2. The number of fused-ring (bicyclic) bond motifs is 1. The second-order valence-corrected chi connectivity index (χ2v) is 9.94. The van der Waals surface area contributed by atoms with Crippen LogP contribution in [0.4, 0.5) is 0 Å². The summed E-state index contributed by atoms with van der Waals surface area (Å²) in [6.45, 7) is 3.54. The van der Waals surface area contributed by atoms with Crippen molar-refractivity contribution in [3.05, 3.63) is 86.6 Å². The number of nitrogens with zero attached hydrogens (tertiary/aromatic N) is 2. The van der Waals surface area contributed by atoms with Crippen LogP contribution in [0.1, 0.15) is 32.4 Å². The number of hydrogen-bond donors (Lipinski definition) is 0. The molecule has 0 saturated heterocycles. The summed E-state index contributed by atoms with van der Waals surface area (Å²) in [5.74, 6) is 0.404. The number of ether oxygens (including phenoxy) is 2. The van der Waals surface area contributed by atoms with Crippen molar-refractivity contribution in [1.29, 1.82) is 0 Å². The normalized spacial score (nSPS) is 14.9. The number of carbonyl (C=O) groups excluding carboxylic acids is 2. The molecule has 0 unspecified atom stereocenters. The molecule has 0 aliphatic carbocycles. The van der Waals surface area contributed by atoms with Gasteiger partial charge in [0.25, 0.3) is 5.91 Å². The van der Waals surface area contributed by atoms with Gasteiger partial charge < -0.3 is 19.3 Å². The summed E-state index contributed by atoms with van der Waals surface area (Å²) >= 11 is 7.69. The smallest absolute Gasteiger partial charge is 0.254 e. The van der Waals surface area contributed by atoms with Gasteiger partial charge in [0.1, 0.15) is 18.9 Å². The van der Waals surface area contributed by atoms with Gasteiger partial charge in [0.2, 0.25) is 5.91 Å². The molecule has 2 amide bonds. The SMILES string of the molecule is COCCN(CC(=O)N1CCc2sccc2[C@@H]1COc1ccc(Cl)cc1)C(=O)c1ccc(C)cc1. The van der Waals surface area contributed by atoms with E-state index in [1.54, 1.807) is 47.6 Å². The Morgan fingerprint density at radius 1 is 1.11 bits per heavy atom. The first-order chi connectivity index (χ1) is 17.0. The highest BCUT2D eigenvalue weighted by atomic mass is 35.5. The van der Waals surface area contributed by atoms with Crippen molar-refractivity contribution in [3.8, 4) is 5.75 Å². The molecule has 0 N–H and O–H groups in total. The maximum atomic E-state index is 13.6. The van der Waals surface area contributed by atoms with Crippen LogP contribution in [0.25, 0.3) is 0 Å². The Morgan fingerprint density at radius 3 is 2.57 bits per heavy atom. The minimum Gasteiger partial charge on any atom is -0.491 e. The highest BCUT2D eigenvalue weighted by Gasteiger charge is 2.33. The van der Waals surface area contributed by atoms with Crippen molar-refractivity contribution in [2.75, 3.05) is 40.0 Å². The summed E-state index contributed by atoms with van der Waals surface area (Å²) in [4.78, 5) is 31.5. The average molecular weight is 513 g/mol. The molecular weight excluding hydrogens is 484 g/mol. The highest BCUT2D eigenvalue weighted by Crippen LogP contribution is 2.34. The minimum absolute atomic E-state index is 0.0208. The van der Waals surface area contributed by atoms with Gasteiger partial charge >= 0.3 is 0 Å². The molecule has 0 saturated carbocycles. The lowest BCUT2D eigenvalue weighted by molar-refractivity contribution is -0.135. The summed E-state index contributed by atoms with van der Waals surface area (Å²) < 4.78 is 11.3. The summed E-state index contributed by atoms with van der Waals surface area (Å²) in [6.07, 6.45) is 0.792. The van der Waals surface area contributed by atoms with Gasteiger partial charge in [-0.15, -0.1) is 11.3 Å². The monoisotopic (exact) mass is 512 g/mol. The molecule has 6 nitrogen and oxygen atoms in total. The highest BCUT2D eigenvalue weighted by molar-refractivity contribution is 7.10. The van der Waals surface area contributed by atoms with Crippen LogP contribution in [0.15, 0.2) is 60.0 Å². The Hall–Kier alpha value is -2.87. The maximum absolute atomic E-state index is 13.6. The molecule has 35 heavy (non-hydrogen) atoms. The molecule has 0 bridgehead atoms. The van der Waals surface area contributed by atoms with E-state index in [0.717, 1.165) is 17.5 Å². The zero-order valence-corrected chi connectivity index (χ0v) is 21.5. The second-order valence-electron chi connectivity index (χ2n) is 8.50. The fraction of sp³-hybridized carbons (Fsp3) is 0.333. The Kier molecular flexibility index (Phi) is 8.44. The lowest BCUT2D eigenvalue weighted by atomic mass is 10.0. The number of rotatable bonds is 9. The lowest BCUT2D eigenvalue weighted by Gasteiger charge is -2.37. The van der Waals surface area contributed by atoms with Crippen LogP contribution in [-0.4, -0.2) is 61.6 Å². The van der Waals surface area contributed by atoms with Crippen LogP contribution < -0.4 is 4.74 Å². The molecule has 0 radical (unpaired) electrons. The molecule has 1 aromatic heterocycles. The van der Waals surface area contributed by atoms with E-state index in [0.29, 0.717) is 42.6 Å². The van der Waals surface area contributed by atoms with Gasteiger partial charge in [-0.1, -0.05) is 29.3 Å². The van der Waals surface area contributed by atoms with E-state index in [2.05, 4.69) is 11.4 Å². The van der Waals surface area contributed by atoms with Gasteiger partial charge in [-0.05, 0) is 66.8 Å². The predicted octanol–water partition coefficient (Wildman–Crippen LogP) is 5.00. The van der Waals surface area contributed by atoms with Crippen molar-refractivity contribution in [3.63, 3.8) is 0 Å². The minimum atomic E-state index is -0.230. The third-order valence-electron chi connectivity index (χ3n) is 6.11. The number of carbonyl (C=O) groups is 2. The van der Waals surface area contributed by atoms with Crippen LogP contribution in [0.2, 0.25) is 5.02 Å². The van der Waals surface area contributed by atoms with Crippen LogP contribution in [0.3, 0.4) is 0 Å². The number of methoxy groups -OCH3 is 1. The summed E-state index contributed by atoms with van der Waals surface area (Å²) in [5.41, 5.74) is 2.74. The summed E-state index contributed by atoms with van der Waals surface area (Å²) in [6, 6.07) is 16.4. The molecule has 184 valence electrons. The maximum Gasteiger partial charge on any atom is 0.254 e. The van der Waals surface area contributed by atoms with E-state index in [9.17, 15) is 9.59 Å². The Bertz CT molecular complexity index is 1150. The summed E-state index contributed by atoms with van der Waals surface area (Å²) in [5, 5.41) is 2.70. The molecule has 3 aromatic rings. The first-order valence-electron chi connectivity index (χ1n) is 11.5. The number of aryl methyl sites for hydroxylation is 1. The van der Waals surface area contributed by atoms with Crippen molar-refractivity contribution in [2.45, 2.75) is 19.4 Å². The Morgan fingerprint density at radius 2 is 1.86 bits per heavy atom. The van der Waals surface area contributed by atoms with Crippen molar-refractivity contribution < 1.29 is 19.1 Å². The Balaban J connectivity index is 1.51. The van der Waals surface area contributed by atoms with Gasteiger partial charge in [-0.3, -0.25) is 9.59 Å². The van der Waals surface area contributed by atoms with E-state index in [1.165, 1.54) is 4.88 Å². The molecule has 8 heteroatoms. The molecule has 2 heterocycles. The fourth-order valence-corrected chi connectivity index (χ4v) is 5.22. The predicted molar refractivity (Wildman–Crippen MR) is 138 cm³/mol. The molecule has 1 aliphatic rings.